The van der Waals surface area contributed by atoms with Crippen molar-refractivity contribution in [1.29, 1.82) is 5.26 Å². The summed E-state index contributed by atoms with van der Waals surface area (Å²) in [5, 5.41) is 9.34. The van der Waals surface area contributed by atoms with Crippen molar-refractivity contribution < 1.29 is 17.9 Å². The summed E-state index contributed by atoms with van der Waals surface area (Å²) in [5.74, 6) is 0.991. The first-order valence-electron chi connectivity index (χ1n) is 7.08. The van der Waals surface area contributed by atoms with Crippen LogP contribution in [0.3, 0.4) is 0 Å². The van der Waals surface area contributed by atoms with Gasteiger partial charge in [-0.15, -0.1) is 0 Å². The Hall–Kier alpha value is -2.78. The average Bonchev–Trinajstić information content (AvgIpc) is 2.59. The lowest BCUT2D eigenvalue weighted by atomic mass is 10.2. The van der Waals surface area contributed by atoms with Gasteiger partial charge in [0.25, 0.3) is 0 Å². The van der Waals surface area contributed by atoms with Crippen molar-refractivity contribution in [1.82, 2.24) is 0 Å². The van der Waals surface area contributed by atoms with Crippen LogP contribution in [0.15, 0.2) is 52.3 Å². The van der Waals surface area contributed by atoms with E-state index in [-0.39, 0.29) is 9.80 Å². The van der Waals surface area contributed by atoms with Gasteiger partial charge in [0, 0.05) is 11.6 Å². The van der Waals surface area contributed by atoms with E-state index in [1.54, 1.807) is 36.4 Å². The molecule has 0 aliphatic carbocycles. The Balaban J connectivity index is 2.54. The van der Waals surface area contributed by atoms with Gasteiger partial charge in [-0.2, -0.15) is 5.26 Å². The molecular weight excluding hydrogens is 326 g/mol. The molecule has 2 aromatic carbocycles. The molecule has 0 N–H and O–H groups in total. The molecule has 2 aromatic rings. The Morgan fingerprint density at radius 3 is 2.29 bits per heavy atom. The lowest BCUT2D eigenvalue weighted by molar-refractivity contribution is 0.394. The second kappa shape index (κ2) is 7.20. The summed E-state index contributed by atoms with van der Waals surface area (Å²) >= 11 is 0. The van der Waals surface area contributed by atoms with Crippen molar-refractivity contribution in [2.24, 2.45) is 0 Å². The molecule has 0 fully saturated rings. The van der Waals surface area contributed by atoms with Gasteiger partial charge in [-0.3, -0.25) is 0 Å². The highest BCUT2D eigenvalue weighted by molar-refractivity contribution is 7.95. The molecule has 0 heterocycles. The van der Waals surface area contributed by atoms with Crippen molar-refractivity contribution >= 4 is 15.9 Å². The molecule has 0 spiro atoms. The molecule has 0 atom stereocenters. The molecule has 0 saturated heterocycles. The van der Waals surface area contributed by atoms with Gasteiger partial charge < -0.3 is 9.47 Å². The third kappa shape index (κ3) is 3.58. The molecule has 0 aliphatic rings. The Morgan fingerprint density at radius 2 is 1.75 bits per heavy atom. The molecule has 5 nitrogen and oxygen atoms in total. The molecular formula is C18H17NO4S. The zero-order valence-corrected chi connectivity index (χ0v) is 14.4. The van der Waals surface area contributed by atoms with Crippen molar-refractivity contribution in [2.75, 3.05) is 14.2 Å². The molecule has 124 valence electrons. The van der Waals surface area contributed by atoms with E-state index < -0.39 is 9.84 Å². The first-order chi connectivity index (χ1) is 11.4. The predicted octanol–water partition coefficient (Wildman–Crippen LogP) is 3.35. The molecule has 6 heteroatoms. The summed E-state index contributed by atoms with van der Waals surface area (Å²) in [5.41, 5.74) is 1.42. The number of hydrogen-bond acceptors (Lipinski definition) is 5. The Morgan fingerprint density at radius 1 is 1.08 bits per heavy atom. The van der Waals surface area contributed by atoms with E-state index >= 15 is 0 Å². The number of sulfone groups is 1. The van der Waals surface area contributed by atoms with Crippen LogP contribution < -0.4 is 9.47 Å². The first kappa shape index (κ1) is 17.6. The lowest BCUT2D eigenvalue weighted by Gasteiger charge is -2.08. The van der Waals surface area contributed by atoms with Gasteiger partial charge in [0.05, 0.1) is 19.1 Å². The number of methoxy groups -OCH3 is 2. The highest BCUT2D eigenvalue weighted by Gasteiger charge is 2.21. The number of hydrogen-bond donors (Lipinski definition) is 0. The number of nitriles is 1. The summed E-state index contributed by atoms with van der Waals surface area (Å²) in [6, 6.07) is 13.1. The van der Waals surface area contributed by atoms with Gasteiger partial charge in [0.2, 0.25) is 9.84 Å². The molecule has 0 bridgehead atoms. The summed E-state index contributed by atoms with van der Waals surface area (Å²) < 4.78 is 35.6. The fraction of sp³-hybridized carbons (Fsp3) is 0.167. The fourth-order valence-electron chi connectivity index (χ4n) is 2.09. The molecule has 24 heavy (non-hydrogen) atoms. The average molecular weight is 343 g/mol. The van der Waals surface area contributed by atoms with Crippen LogP contribution in [0.25, 0.3) is 6.08 Å². The molecule has 2 rings (SSSR count). The number of nitrogens with zero attached hydrogens (tertiary/aromatic N) is 1. The van der Waals surface area contributed by atoms with Crippen LogP contribution in [0.2, 0.25) is 0 Å². The molecule has 0 saturated carbocycles. The van der Waals surface area contributed by atoms with Crippen LogP contribution in [-0.4, -0.2) is 22.6 Å². The van der Waals surface area contributed by atoms with Gasteiger partial charge in [0.15, 0.2) is 0 Å². The van der Waals surface area contributed by atoms with Gasteiger partial charge >= 0.3 is 0 Å². The van der Waals surface area contributed by atoms with Gasteiger partial charge in [-0.25, -0.2) is 8.42 Å². The van der Waals surface area contributed by atoms with Crippen LogP contribution in [0.1, 0.15) is 11.1 Å². The Kier molecular flexibility index (Phi) is 5.27. The van der Waals surface area contributed by atoms with E-state index in [1.165, 1.54) is 32.4 Å². The third-order valence-corrected chi connectivity index (χ3v) is 5.14. The monoisotopic (exact) mass is 343 g/mol. The van der Waals surface area contributed by atoms with Crippen molar-refractivity contribution in [3.05, 3.63) is 58.5 Å². The minimum Gasteiger partial charge on any atom is -0.497 e. The minimum atomic E-state index is -3.89. The number of rotatable bonds is 5. The summed E-state index contributed by atoms with van der Waals surface area (Å²) in [6.45, 7) is 1.86. The van der Waals surface area contributed by atoms with E-state index in [9.17, 15) is 13.7 Å². The van der Waals surface area contributed by atoms with Crippen LogP contribution in [0.4, 0.5) is 0 Å². The molecule has 0 aliphatic heterocycles. The van der Waals surface area contributed by atoms with Crippen LogP contribution >= 0.6 is 0 Å². The third-order valence-electron chi connectivity index (χ3n) is 3.46. The zero-order valence-electron chi connectivity index (χ0n) is 13.6. The fourth-order valence-corrected chi connectivity index (χ4v) is 3.24. The smallest absolute Gasteiger partial charge is 0.216 e. The highest BCUT2D eigenvalue weighted by Crippen LogP contribution is 2.29. The SMILES string of the molecule is COc1ccc(/C=C(\C#N)S(=O)(=O)c2ccc(C)cc2)c(OC)c1. The second-order valence-corrected chi connectivity index (χ2v) is 6.96. The van der Waals surface area contributed by atoms with Crippen molar-refractivity contribution in [2.45, 2.75) is 11.8 Å². The Labute approximate surface area is 141 Å². The van der Waals surface area contributed by atoms with Gasteiger partial charge in [0.1, 0.15) is 22.5 Å². The zero-order chi connectivity index (χ0) is 17.7. The highest BCUT2D eigenvalue weighted by atomic mass is 32.2. The molecule has 0 amide bonds. The Bertz CT molecular complexity index is 907. The topological polar surface area (TPSA) is 76.4 Å². The van der Waals surface area contributed by atoms with E-state index in [0.717, 1.165) is 5.56 Å². The van der Waals surface area contributed by atoms with Gasteiger partial charge in [-0.05, 0) is 37.3 Å². The largest absolute Gasteiger partial charge is 0.497 e. The molecule has 0 radical (unpaired) electrons. The van der Waals surface area contributed by atoms with Gasteiger partial charge in [-0.1, -0.05) is 17.7 Å². The summed E-state index contributed by atoms with van der Waals surface area (Å²) in [4.78, 5) is -0.275. The minimum absolute atomic E-state index is 0.0772. The quantitative estimate of drug-likeness (QED) is 0.778. The van der Waals surface area contributed by atoms with E-state index in [4.69, 9.17) is 9.47 Å². The van der Waals surface area contributed by atoms with Crippen molar-refractivity contribution in [3.8, 4) is 17.6 Å². The standard InChI is InChI=1S/C18H17NO4S/c1-13-4-8-16(9-5-13)24(20,21)17(12-19)10-14-6-7-15(22-2)11-18(14)23-3/h4-11H,1-3H3/b17-10+. The normalized spacial score (nSPS) is 11.7. The van der Waals surface area contributed by atoms with Crippen LogP contribution in [-0.2, 0) is 9.84 Å². The van der Waals surface area contributed by atoms with E-state index in [0.29, 0.717) is 17.1 Å². The van der Waals surface area contributed by atoms with E-state index in [1.807, 2.05) is 6.92 Å². The van der Waals surface area contributed by atoms with Crippen LogP contribution in [0, 0.1) is 18.3 Å². The maximum absolute atomic E-state index is 12.6. The lowest BCUT2D eigenvalue weighted by Crippen LogP contribution is -2.03. The summed E-state index contributed by atoms with van der Waals surface area (Å²) in [6.07, 6.45) is 1.30. The number of aryl methyl sites for hydroxylation is 1. The second-order valence-electron chi connectivity index (χ2n) is 5.04. The van der Waals surface area contributed by atoms with Crippen LogP contribution in [0.5, 0.6) is 11.5 Å². The van der Waals surface area contributed by atoms with E-state index in [2.05, 4.69) is 0 Å². The maximum Gasteiger partial charge on any atom is 0.216 e. The molecule has 0 unspecified atom stereocenters. The number of benzene rings is 2. The van der Waals surface area contributed by atoms with Crippen molar-refractivity contribution in [3.63, 3.8) is 0 Å². The first-order valence-corrected chi connectivity index (χ1v) is 8.56. The summed E-state index contributed by atoms with van der Waals surface area (Å²) in [7, 11) is -0.908. The molecule has 0 aromatic heterocycles. The number of allylic oxidation sites excluding steroid dienone is 1. The maximum atomic E-state index is 12.6. The predicted molar refractivity (Wildman–Crippen MR) is 91.5 cm³/mol. The number of ether oxygens (including phenoxy) is 2.